The number of nitrogens with zero attached hydrogens (tertiary/aromatic N) is 1. The Labute approximate surface area is 106 Å². The largest absolute Gasteiger partial charge is 0.329 e. The molecule has 1 amide bonds. The Hall–Kier alpha value is -0.570. The van der Waals surface area contributed by atoms with Gasteiger partial charge in [0, 0.05) is 6.54 Å². The summed E-state index contributed by atoms with van der Waals surface area (Å²) in [5, 5.41) is 3.33. The fourth-order valence-electron chi connectivity index (χ4n) is 2.30. The molecule has 0 spiro atoms. The first-order chi connectivity index (χ1) is 8.06. The third kappa shape index (κ3) is 4.30. The smallest absolute Gasteiger partial charge is 0.241 e. The highest BCUT2D eigenvalue weighted by Gasteiger charge is 2.33. The molecule has 1 rings (SSSR count). The van der Waals surface area contributed by atoms with E-state index in [4.69, 9.17) is 0 Å². The molecular weight excluding hydrogens is 212 g/mol. The molecule has 0 aromatic rings. The van der Waals surface area contributed by atoms with Gasteiger partial charge in [-0.05, 0) is 18.3 Å². The van der Waals surface area contributed by atoms with Crippen molar-refractivity contribution in [2.75, 3.05) is 13.2 Å². The Morgan fingerprint density at radius 1 is 1.35 bits per heavy atom. The van der Waals surface area contributed by atoms with E-state index in [1.165, 1.54) is 12.8 Å². The fraction of sp³-hybridized carbons (Fsp3) is 0.929. The van der Waals surface area contributed by atoms with Crippen molar-refractivity contribution in [3.8, 4) is 0 Å². The fourth-order valence-corrected chi connectivity index (χ4v) is 2.30. The number of rotatable bonds is 7. The number of amides is 1. The molecule has 0 aromatic heterocycles. The second-order valence-corrected chi connectivity index (χ2v) is 5.72. The molecule has 1 saturated heterocycles. The molecule has 0 bridgehead atoms. The summed E-state index contributed by atoms with van der Waals surface area (Å²) in [6.07, 6.45) is 4.70. The number of hydrogen-bond donors (Lipinski definition) is 1. The predicted molar refractivity (Wildman–Crippen MR) is 71.6 cm³/mol. The van der Waals surface area contributed by atoms with Crippen LogP contribution in [-0.2, 0) is 4.79 Å². The molecule has 1 heterocycles. The van der Waals surface area contributed by atoms with E-state index in [0.717, 1.165) is 32.0 Å². The third-order valence-electron chi connectivity index (χ3n) is 3.75. The van der Waals surface area contributed by atoms with E-state index >= 15 is 0 Å². The zero-order valence-corrected chi connectivity index (χ0v) is 11.8. The van der Waals surface area contributed by atoms with Crippen molar-refractivity contribution in [1.82, 2.24) is 10.2 Å². The summed E-state index contributed by atoms with van der Waals surface area (Å²) >= 11 is 0. The van der Waals surface area contributed by atoms with Gasteiger partial charge in [0.1, 0.15) is 0 Å². The Morgan fingerprint density at radius 2 is 2.06 bits per heavy atom. The molecule has 1 aliphatic heterocycles. The zero-order valence-electron chi connectivity index (χ0n) is 11.8. The minimum atomic E-state index is 0.0603. The lowest BCUT2D eigenvalue weighted by molar-refractivity contribution is -0.129. The SMILES string of the molecule is CCC(C)C1NCN(CCCCC(C)C)C1=O. The molecule has 1 aliphatic rings. The standard InChI is InChI=1S/C14H28N2O/c1-5-12(4)13-14(17)16(10-15-13)9-7-6-8-11(2)3/h11-13,15H,5-10H2,1-4H3. The first kappa shape index (κ1) is 14.5. The van der Waals surface area contributed by atoms with Crippen LogP contribution in [0, 0.1) is 11.8 Å². The first-order valence-corrected chi connectivity index (χ1v) is 7.08. The Morgan fingerprint density at radius 3 is 2.65 bits per heavy atom. The summed E-state index contributed by atoms with van der Waals surface area (Å²) in [5.74, 6) is 1.53. The van der Waals surface area contributed by atoms with E-state index in [9.17, 15) is 4.79 Å². The second-order valence-electron chi connectivity index (χ2n) is 5.72. The Balaban J connectivity index is 2.25. The van der Waals surface area contributed by atoms with Gasteiger partial charge in [-0.15, -0.1) is 0 Å². The highest BCUT2D eigenvalue weighted by atomic mass is 16.2. The van der Waals surface area contributed by atoms with Gasteiger partial charge in [0.2, 0.25) is 5.91 Å². The van der Waals surface area contributed by atoms with Crippen molar-refractivity contribution in [3.05, 3.63) is 0 Å². The van der Waals surface area contributed by atoms with Crippen LogP contribution < -0.4 is 5.32 Å². The molecule has 0 aliphatic carbocycles. The predicted octanol–water partition coefficient (Wildman–Crippen LogP) is 2.62. The van der Waals surface area contributed by atoms with Crippen molar-refractivity contribution in [2.45, 2.75) is 59.4 Å². The van der Waals surface area contributed by atoms with E-state index in [-0.39, 0.29) is 6.04 Å². The van der Waals surface area contributed by atoms with Crippen LogP contribution in [0.25, 0.3) is 0 Å². The van der Waals surface area contributed by atoms with Gasteiger partial charge in [-0.2, -0.15) is 0 Å². The summed E-state index contributed by atoms with van der Waals surface area (Å²) < 4.78 is 0. The number of hydrogen-bond acceptors (Lipinski definition) is 2. The van der Waals surface area contributed by atoms with E-state index in [1.807, 2.05) is 4.90 Å². The molecule has 0 aromatic carbocycles. The Kier molecular flexibility index (Phi) is 5.96. The van der Waals surface area contributed by atoms with Crippen molar-refractivity contribution in [2.24, 2.45) is 11.8 Å². The van der Waals surface area contributed by atoms with Crippen molar-refractivity contribution in [3.63, 3.8) is 0 Å². The van der Waals surface area contributed by atoms with Gasteiger partial charge < -0.3 is 4.90 Å². The molecule has 100 valence electrons. The minimum Gasteiger partial charge on any atom is -0.329 e. The lowest BCUT2D eigenvalue weighted by Crippen LogP contribution is -2.35. The maximum absolute atomic E-state index is 12.1. The number of carbonyl (C=O) groups excluding carboxylic acids is 1. The molecule has 3 nitrogen and oxygen atoms in total. The average Bonchev–Trinajstić information content (AvgIpc) is 2.65. The van der Waals surface area contributed by atoms with E-state index in [2.05, 4.69) is 33.0 Å². The lowest BCUT2D eigenvalue weighted by atomic mass is 9.99. The third-order valence-corrected chi connectivity index (χ3v) is 3.75. The zero-order chi connectivity index (χ0) is 12.8. The average molecular weight is 240 g/mol. The van der Waals surface area contributed by atoms with Gasteiger partial charge in [-0.25, -0.2) is 0 Å². The summed E-state index contributed by atoms with van der Waals surface area (Å²) in [5.41, 5.74) is 0. The van der Waals surface area contributed by atoms with E-state index in [0.29, 0.717) is 11.8 Å². The number of unbranched alkanes of at least 4 members (excludes halogenated alkanes) is 1. The number of carbonyl (C=O) groups is 1. The molecule has 3 heteroatoms. The van der Waals surface area contributed by atoms with Crippen molar-refractivity contribution >= 4 is 5.91 Å². The van der Waals surface area contributed by atoms with E-state index < -0.39 is 0 Å². The van der Waals surface area contributed by atoms with Crippen molar-refractivity contribution in [1.29, 1.82) is 0 Å². The van der Waals surface area contributed by atoms with Crippen LogP contribution in [0.5, 0.6) is 0 Å². The van der Waals surface area contributed by atoms with Crippen LogP contribution >= 0.6 is 0 Å². The highest BCUT2D eigenvalue weighted by molar-refractivity contribution is 5.84. The Bertz CT molecular complexity index is 240. The first-order valence-electron chi connectivity index (χ1n) is 7.08. The van der Waals surface area contributed by atoms with Gasteiger partial charge in [-0.3, -0.25) is 10.1 Å². The summed E-state index contributed by atoms with van der Waals surface area (Å²) in [4.78, 5) is 14.1. The molecule has 1 fully saturated rings. The minimum absolute atomic E-state index is 0.0603. The molecule has 2 unspecified atom stereocenters. The van der Waals surface area contributed by atoms with Crippen LogP contribution in [0.15, 0.2) is 0 Å². The van der Waals surface area contributed by atoms with E-state index in [1.54, 1.807) is 0 Å². The maximum atomic E-state index is 12.1. The summed E-state index contributed by atoms with van der Waals surface area (Å²) in [7, 11) is 0. The molecule has 17 heavy (non-hydrogen) atoms. The number of nitrogens with one attached hydrogen (secondary N) is 1. The lowest BCUT2D eigenvalue weighted by Gasteiger charge is -2.18. The van der Waals surface area contributed by atoms with Gasteiger partial charge in [0.15, 0.2) is 0 Å². The molecule has 1 N–H and O–H groups in total. The van der Waals surface area contributed by atoms with Crippen molar-refractivity contribution < 1.29 is 4.79 Å². The van der Waals surface area contributed by atoms with Crippen LogP contribution in [-0.4, -0.2) is 30.1 Å². The van der Waals surface area contributed by atoms with Crippen LogP contribution in [0.4, 0.5) is 0 Å². The molecular formula is C14H28N2O. The molecule has 2 atom stereocenters. The monoisotopic (exact) mass is 240 g/mol. The summed E-state index contributed by atoms with van der Waals surface area (Å²) in [6.45, 7) is 10.5. The highest BCUT2D eigenvalue weighted by Crippen LogP contribution is 2.16. The maximum Gasteiger partial charge on any atom is 0.241 e. The van der Waals surface area contributed by atoms with Crippen LogP contribution in [0.3, 0.4) is 0 Å². The second kappa shape index (κ2) is 7.00. The van der Waals surface area contributed by atoms with Gasteiger partial charge in [0.25, 0.3) is 0 Å². The van der Waals surface area contributed by atoms with Crippen LogP contribution in [0.2, 0.25) is 0 Å². The van der Waals surface area contributed by atoms with Gasteiger partial charge >= 0.3 is 0 Å². The van der Waals surface area contributed by atoms with Crippen LogP contribution in [0.1, 0.15) is 53.4 Å². The van der Waals surface area contributed by atoms with Gasteiger partial charge in [0.05, 0.1) is 12.7 Å². The van der Waals surface area contributed by atoms with Gasteiger partial charge in [-0.1, -0.05) is 47.0 Å². The molecule has 0 radical (unpaired) electrons. The summed E-state index contributed by atoms with van der Waals surface area (Å²) in [6, 6.07) is 0.0603. The molecule has 0 saturated carbocycles. The normalized spacial score (nSPS) is 22.5. The topological polar surface area (TPSA) is 32.3 Å². The quantitative estimate of drug-likeness (QED) is 0.694.